The second-order valence-electron chi connectivity index (χ2n) is 2.87. The van der Waals surface area contributed by atoms with E-state index in [9.17, 15) is 14.3 Å². The van der Waals surface area contributed by atoms with Gasteiger partial charge >= 0.3 is 5.97 Å². The van der Waals surface area contributed by atoms with Crippen LogP contribution in [0.1, 0.15) is 5.56 Å². The van der Waals surface area contributed by atoms with Gasteiger partial charge in [-0.3, -0.25) is 0 Å². The lowest BCUT2D eigenvalue weighted by atomic mass is 10.1. The zero-order chi connectivity index (χ0) is 10.8. The van der Waals surface area contributed by atoms with E-state index >= 15 is 0 Å². The van der Waals surface area contributed by atoms with Crippen molar-refractivity contribution in [2.75, 3.05) is 0 Å². The molecule has 1 atom stereocenters. The number of carboxylic acids is 1. The fourth-order valence-corrected chi connectivity index (χ4v) is 1.39. The van der Waals surface area contributed by atoms with Gasteiger partial charge in [-0.1, -0.05) is 12.1 Å². The summed E-state index contributed by atoms with van der Waals surface area (Å²) < 4.78 is 10.7. The molecule has 1 unspecified atom stereocenters. The van der Waals surface area contributed by atoms with E-state index in [4.69, 9.17) is 5.11 Å². The normalized spacial score (nSPS) is 14.8. The summed E-state index contributed by atoms with van der Waals surface area (Å²) in [6.45, 7) is 0. The molecule has 0 saturated carbocycles. The lowest BCUT2D eigenvalue weighted by Crippen LogP contribution is -2.33. The first-order chi connectivity index (χ1) is 6.42. The maximum atomic E-state index is 12.5. The highest BCUT2D eigenvalue weighted by Crippen LogP contribution is 2.21. The first-order valence-electron chi connectivity index (χ1n) is 3.81. The van der Waals surface area contributed by atoms with Crippen LogP contribution in [0.4, 0.5) is 4.39 Å². The van der Waals surface area contributed by atoms with Crippen LogP contribution in [-0.2, 0) is 11.2 Å². The quantitative estimate of drug-likeness (QED) is 0.658. The van der Waals surface area contributed by atoms with Crippen LogP contribution in [0, 0.1) is 5.82 Å². The van der Waals surface area contributed by atoms with E-state index < -0.39 is 9.58 Å². The summed E-state index contributed by atoms with van der Waals surface area (Å²) >= 11 is 1.44. The molecule has 1 aromatic carbocycles. The molecule has 0 bridgehead atoms. The van der Waals surface area contributed by atoms with Crippen LogP contribution in [0.3, 0.4) is 0 Å². The first kappa shape index (κ1) is 11.4. The van der Waals surface area contributed by atoms with Gasteiger partial charge in [-0.05, 0) is 40.3 Å². The van der Waals surface area contributed by atoms with Crippen molar-refractivity contribution >= 4 is 28.6 Å². The van der Waals surface area contributed by atoms with Gasteiger partial charge in [0.05, 0.1) is 0 Å². The predicted octanol–water partition coefficient (Wildman–Crippen LogP) is 1.58. The molecule has 5 heteroatoms. The zero-order valence-corrected chi connectivity index (χ0v) is 9.23. The minimum Gasteiger partial charge on any atom is -0.478 e. The van der Waals surface area contributed by atoms with Gasteiger partial charge in [-0.25, -0.2) is 9.18 Å². The largest absolute Gasteiger partial charge is 0.478 e. The SMILES string of the molecule is O=C(O)C(O)(I)Cc1ccc(F)cc1. The molecule has 0 aliphatic rings. The van der Waals surface area contributed by atoms with Crippen LogP contribution in [0.5, 0.6) is 0 Å². The van der Waals surface area contributed by atoms with E-state index in [0.29, 0.717) is 5.56 Å². The Kier molecular flexibility index (Phi) is 3.43. The van der Waals surface area contributed by atoms with Crippen LogP contribution >= 0.6 is 22.6 Å². The molecule has 0 spiro atoms. The van der Waals surface area contributed by atoms with E-state index in [-0.39, 0.29) is 12.2 Å². The molecule has 1 rings (SSSR count). The van der Waals surface area contributed by atoms with Gasteiger partial charge < -0.3 is 10.2 Å². The third-order valence-corrected chi connectivity index (χ3v) is 2.52. The van der Waals surface area contributed by atoms with Gasteiger partial charge in [0, 0.05) is 6.42 Å². The van der Waals surface area contributed by atoms with Gasteiger partial charge in [-0.2, -0.15) is 0 Å². The Morgan fingerprint density at radius 1 is 1.43 bits per heavy atom. The molecule has 0 saturated heterocycles. The van der Waals surface area contributed by atoms with Gasteiger partial charge in [0.2, 0.25) is 3.61 Å². The Balaban J connectivity index is 2.79. The van der Waals surface area contributed by atoms with Crippen LogP contribution in [0.15, 0.2) is 24.3 Å². The number of hydrogen-bond donors (Lipinski definition) is 2. The van der Waals surface area contributed by atoms with E-state index in [1.807, 2.05) is 0 Å². The Morgan fingerprint density at radius 2 is 1.93 bits per heavy atom. The lowest BCUT2D eigenvalue weighted by Gasteiger charge is -2.15. The summed E-state index contributed by atoms with van der Waals surface area (Å²) in [5, 5.41) is 18.0. The predicted molar refractivity (Wildman–Crippen MR) is 56.7 cm³/mol. The minimum absolute atomic E-state index is 0.0524. The summed E-state index contributed by atoms with van der Waals surface area (Å²) in [6, 6.07) is 5.34. The molecule has 1 aromatic rings. The molecule has 3 nitrogen and oxygen atoms in total. The number of alkyl halides is 1. The van der Waals surface area contributed by atoms with Crippen molar-refractivity contribution in [3.8, 4) is 0 Å². The number of carbonyl (C=O) groups is 1. The molecule has 14 heavy (non-hydrogen) atoms. The second kappa shape index (κ2) is 4.22. The average molecular weight is 310 g/mol. The van der Waals surface area contributed by atoms with Crippen molar-refractivity contribution in [2.24, 2.45) is 0 Å². The van der Waals surface area contributed by atoms with Gasteiger partial charge in [-0.15, -0.1) is 0 Å². The summed E-state index contributed by atoms with van der Waals surface area (Å²) in [5.41, 5.74) is 0.575. The number of aliphatic hydroxyl groups is 1. The van der Waals surface area contributed by atoms with Crippen LogP contribution in [-0.4, -0.2) is 19.8 Å². The number of hydrogen-bond acceptors (Lipinski definition) is 2. The summed E-state index contributed by atoms with van der Waals surface area (Å²) in [5.74, 6) is -1.69. The Labute approximate surface area is 93.7 Å². The van der Waals surface area contributed by atoms with Crippen molar-refractivity contribution in [1.29, 1.82) is 0 Å². The summed E-state index contributed by atoms with van der Waals surface area (Å²) in [6.07, 6.45) is -0.0524. The number of aliphatic carboxylic acids is 1. The Bertz CT molecular complexity index is 334. The minimum atomic E-state index is -1.84. The van der Waals surface area contributed by atoms with Crippen LogP contribution in [0.25, 0.3) is 0 Å². The maximum absolute atomic E-state index is 12.5. The molecule has 0 fully saturated rings. The van der Waals surface area contributed by atoms with Gasteiger partial charge in [0.15, 0.2) is 0 Å². The number of benzene rings is 1. The molecule has 0 aromatic heterocycles. The fourth-order valence-electron chi connectivity index (χ4n) is 0.948. The van der Waals surface area contributed by atoms with Gasteiger partial charge in [0.1, 0.15) is 5.82 Å². The molecule has 0 heterocycles. The topological polar surface area (TPSA) is 57.5 Å². The van der Waals surface area contributed by atoms with Crippen molar-refractivity contribution in [2.45, 2.75) is 10.0 Å². The van der Waals surface area contributed by atoms with Crippen LogP contribution < -0.4 is 0 Å². The van der Waals surface area contributed by atoms with E-state index in [0.717, 1.165) is 0 Å². The maximum Gasteiger partial charge on any atom is 0.346 e. The molecular weight excluding hydrogens is 302 g/mol. The highest BCUT2D eigenvalue weighted by molar-refractivity contribution is 14.1. The monoisotopic (exact) mass is 310 g/mol. The number of rotatable bonds is 3. The standard InChI is InChI=1S/C9H8FIO3/c10-7-3-1-6(2-4-7)5-9(11,14)8(12)13/h1-4,14H,5H2,(H,12,13). The van der Waals surface area contributed by atoms with Crippen molar-refractivity contribution in [3.63, 3.8) is 0 Å². The Morgan fingerprint density at radius 3 is 2.36 bits per heavy atom. The molecular formula is C9H8FIO3. The smallest absolute Gasteiger partial charge is 0.346 e. The third kappa shape index (κ3) is 2.91. The summed E-state index contributed by atoms with van der Waals surface area (Å²) in [4.78, 5) is 10.6. The fraction of sp³-hybridized carbons (Fsp3) is 0.222. The second-order valence-corrected chi connectivity index (χ2v) is 4.65. The molecule has 2 N–H and O–H groups in total. The Hall–Kier alpha value is -0.690. The molecule has 0 aliphatic carbocycles. The molecule has 0 aliphatic heterocycles. The van der Waals surface area contributed by atoms with Gasteiger partial charge in [0.25, 0.3) is 0 Å². The number of halogens is 2. The summed E-state index contributed by atoms with van der Waals surface area (Å²) in [7, 11) is 0. The third-order valence-electron chi connectivity index (χ3n) is 1.68. The van der Waals surface area contributed by atoms with Crippen molar-refractivity contribution in [1.82, 2.24) is 0 Å². The van der Waals surface area contributed by atoms with E-state index in [1.165, 1.54) is 46.9 Å². The zero-order valence-electron chi connectivity index (χ0n) is 7.08. The van der Waals surface area contributed by atoms with Crippen LogP contribution in [0.2, 0.25) is 0 Å². The number of carboxylic acid groups (broad SMARTS) is 1. The lowest BCUT2D eigenvalue weighted by molar-refractivity contribution is -0.147. The molecule has 0 radical (unpaired) electrons. The van der Waals surface area contributed by atoms with Crippen molar-refractivity contribution < 1.29 is 19.4 Å². The average Bonchev–Trinajstić information content (AvgIpc) is 2.08. The molecule has 0 amide bonds. The van der Waals surface area contributed by atoms with Crippen molar-refractivity contribution in [3.05, 3.63) is 35.6 Å². The highest BCUT2D eigenvalue weighted by Gasteiger charge is 2.32. The first-order valence-corrected chi connectivity index (χ1v) is 4.89. The van der Waals surface area contributed by atoms with E-state index in [2.05, 4.69) is 0 Å². The highest BCUT2D eigenvalue weighted by atomic mass is 127. The van der Waals surface area contributed by atoms with E-state index in [1.54, 1.807) is 0 Å². The molecule has 76 valence electrons.